The minimum absolute atomic E-state index is 0.177. The molecule has 0 aliphatic heterocycles. The smallest absolute Gasteiger partial charge is 0.256 e. The molecular formula is C41H30N2O. The number of rotatable bonds is 6. The van der Waals surface area contributed by atoms with Crippen molar-refractivity contribution in [1.29, 1.82) is 0 Å². The van der Waals surface area contributed by atoms with Crippen LogP contribution in [0.4, 0.5) is 5.69 Å². The van der Waals surface area contributed by atoms with Crippen LogP contribution in [0.5, 0.6) is 0 Å². The van der Waals surface area contributed by atoms with Crippen molar-refractivity contribution in [3.05, 3.63) is 169 Å². The molecule has 3 nitrogen and oxygen atoms in total. The first-order valence-electron chi connectivity index (χ1n) is 14.8. The normalized spacial score (nSPS) is 10.9. The van der Waals surface area contributed by atoms with Gasteiger partial charge in [0, 0.05) is 34.0 Å². The van der Waals surface area contributed by atoms with Crippen molar-refractivity contribution in [1.82, 2.24) is 4.98 Å². The van der Waals surface area contributed by atoms with Crippen LogP contribution in [0.3, 0.4) is 0 Å². The molecule has 0 spiro atoms. The van der Waals surface area contributed by atoms with Gasteiger partial charge in [-0.05, 0) is 52.9 Å². The SMILES string of the molecule is Cc1ccc(NC(=O)c2ccnc3c(-c4ccccc4)c(-c4ccccc4)c(-c4ccccc4)c(-c4ccccc4)c23)cc1. The third-order valence-electron chi connectivity index (χ3n) is 7.99. The first kappa shape index (κ1) is 27.1. The molecule has 44 heavy (non-hydrogen) atoms. The van der Waals surface area contributed by atoms with E-state index in [2.05, 4.69) is 90.2 Å². The molecule has 210 valence electrons. The van der Waals surface area contributed by atoms with Gasteiger partial charge in [0.05, 0.1) is 11.1 Å². The van der Waals surface area contributed by atoms with Gasteiger partial charge in [-0.2, -0.15) is 0 Å². The van der Waals surface area contributed by atoms with E-state index in [0.717, 1.165) is 66.7 Å². The molecule has 0 aliphatic rings. The van der Waals surface area contributed by atoms with Crippen LogP contribution in [-0.4, -0.2) is 10.9 Å². The molecule has 0 saturated heterocycles. The molecule has 3 heteroatoms. The quantitative estimate of drug-likeness (QED) is 0.218. The van der Waals surface area contributed by atoms with Crippen molar-refractivity contribution >= 4 is 22.5 Å². The van der Waals surface area contributed by atoms with Gasteiger partial charge in [0.2, 0.25) is 0 Å². The number of pyridine rings is 1. The first-order chi connectivity index (χ1) is 21.7. The summed E-state index contributed by atoms with van der Waals surface area (Å²) in [4.78, 5) is 19.3. The van der Waals surface area contributed by atoms with E-state index in [1.54, 1.807) is 6.20 Å². The van der Waals surface area contributed by atoms with E-state index in [1.807, 2.05) is 73.7 Å². The molecule has 6 aromatic carbocycles. The van der Waals surface area contributed by atoms with Crippen molar-refractivity contribution in [2.75, 3.05) is 5.32 Å². The Morgan fingerprint density at radius 3 is 1.43 bits per heavy atom. The van der Waals surface area contributed by atoms with Crippen molar-refractivity contribution in [2.24, 2.45) is 0 Å². The maximum absolute atomic E-state index is 14.2. The van der Waals surface area contributed by atoms with E-state index in [1.165, 1.54) is 0 Å². The standard InChI is InChI=1S/C41H30N2O/c1-28-22-24-33(25-23-28)43-41(44)34-26-27-42-40-38(32-20-12-5-13-21-32)36(30-16-8-3-9-17-30)35(29-14-6-2-7-15-29)37(39(34)40)31-18-10-4-11-19-31/h2-27H,1H3,(H,43,44). The number of nitrogens with one attached hydrogen (secondary N) is 1. The molecular weight excluding hydrogens is 536 g/mol. The van der Waals surface area contributed by atoms with E-state index < -0.39 is 0 Å². The van der Waals surface area contributed by atoms with Crippen molar-refractivity contribution in [2.45, 2.75) is 6.92 Å². The molecule has 1 heterocycles. The number of carbonyl (C=O) groups excluding carboxylic acids is 1. The minimum Gasteiger partial charge on any atom is -0.322 e. The monoisotopic (exact) mass is 566 g/mol. The Hall–Kier alpha value is -5.80. The molecule has 1 N–H and O–H groups in total. The Bertz CT molecular complexity index is 2070. The second kappa shape index (κ2) is 11.8. The van der Waals surface area contributed by atoms with Gasteiger partial charge in [-0.3, -0.25) is 9.78 Å². The van der Waals surface area contributed by atoms with Gasteiger partial charge in [0.1, 0.15) is 0 Å². The predicted octanol–water partition coefficient (Wildman–Crippen LogP) is 10.5. The average Bonchev–Trinajstić information content (AvgIpc) is 3.09. The Kier molecular flexibility index (Phi) is 7.27. The molecule has 0 bridgehead atoms. The van der Waals surface area contributed by atoms with E-state index >= 15 is 0 Å². The van der Waals surface area contributed by atoms with Crippen LogP contribution < -0.4 is 5.32 Å². The summed E-state index contributed by atoms with van der Waals surface area (Å²) in [6, 6.07) is 51.4. The summed E-state index contributed by atoms with van der Waals surface area (Å²) in [5, 5.41) is 3.97. The van der Waals surface area contributed by atoms with Crippen LogP contribution in [-0.2, 0) is 0 Å². The zero-order chi connectivity index (χ0) is 29.9. The number of carbonyl (C=O) groups is 1. The topological polar surface area (TPSA) is 42.0 Å². The Morgan fingerprint density at radius 2 is 0.932 bits per heavy atom. The largest absolute Gasteiger partial charge is 0.322 e. The molecule has 1 amide bonds. The lowest BCUT2D eigenvalue weighted by molar-refractivity contribution is 0.102. The van der Waals surface area contributed by atoms with E-state index in [4.69, 9.17) is 4.98 Å². The molecule has 0 saturated carbocycles. The highest BCUT2D eigenvalue weighted by Crippen LogP contribution is 2.51. The summed E-state index contributed by atoms with van der Waals surface area (Å²) in [5.74, 6) is -0.177. The summed E-state index contributed by atoms with van der Waals surface area (Å²) < 4.78 is 0. The van der Waals surface area contributed by atoms with E-state index in [-0.39, 0.29) is 5.91 Å². The van der Waals surface area contributed by atoms with Crippen LogP contribution >= 0.6 is 0 Å². The molecule has 0 radical (unpaired) electrons. The van der Waals surface area contributed by atoms with Gasteiger partial charge >= 0.3 is 0 Å². The number of benzene rings is 6. The fourth-order valence-electron chi connectivity index (χ4n) is 5.99. The van der Waals surface area contributed by atoms with Crippen molar-refractivity contribution in [3.63, 3.8) is 0 Å². The molecule has 1 aromatic heterocycles. The van der Waals surface area contributed by atoms with Gasteiger partial charge in [-0.25, -0.2) is 0 Å². The third-order valence-corrected chi connectivity index (χ3v) is 7.99. The predicted molar refractivity (Wildman–Crippen MR) is 183 cm³/mol. The second-order valence-electron chi connectivity index (χ2n) is 10.9. The van der Waals surface area contributed by atoms with Crippen LogP contribution in [0.1, 0.15) is 15.9 Å². The lowest BCUT2D eigenvalue weighted by Gasteiger charge is -2.24. The Labute approximate surface area is 257 Å². The lowest BCUT2D eigenvalue weighted by Crippen LogP contribution is -2.13. The van der Waals surface area contributed by atoms with Crippen LogP contribution in [0.2, 0.25) is 0 Å². The summed E-state index contributed by atoms with van der Waals surface area (Å²) in [7, 11) is 0. The summed E-state index contributed by atoms with van der Waals surface area (Å²) >= 11 is 0. The zero-order valence-corrected chi connectivity index (χ0v) is 24.4. The highest BCUT2D eigenvalue weighted by Gasteiger charge is 2.27. The maximum atomic E-state index is 14.2. The van der Waals surface area contributed by atoms with E-state index in [9.17, 15) is 4.79 Å². The van der Waals surface area contributed by atoms with Crippen LogP contribution in [0.15, 0.2) is 158 Å². The maximum Gasteiger partial charge on any atom is 0.256 e. The summed E-state index contributed by atoms with van der Waals surface area (Å²) in [6.45, 7) is 2.04. The highest BCUT2D eigenvalue weighted by atomic mass is 16.1. The van der Waals surface area contributed by atoms with Gasteiger partial charge in [-0.15, -0.1) is 0 Å². The number of fused-ring (bicyclic) bond motifs is 1. The Morgan fingerprint density at radius 1 is 0.500 bits per heavy atom. The number of anilines is 1. The van der Waals surface area contributed by atoms with Gasteiger partial charge in [0.25, 0.3) is 5.91 Å². The molecule has 0 aliphatic carbocycles. The van der Waals surface area contributed by atoms with Crippen molar-refractivity contribution in [3.8, 4) is 44.5 Å². The third kappa shape index (κ3) is 5.05. The number of aryl methyl sites for hydroxylation is 1. The average molecular weight is 567 g/mol. The highest BCUT2D eigenvalue weighted by molar-refractivity contribution is 6.23. The Balaban J connectivity index is 1.67. The molecule has 7 aromatic rings. The van der Waals surface area contributed by atoms with Crippen molar-refractivity contribution < 1.29 is 4.79 Å². The first-order valence-corrected chi connectivity index (χ1v) is 14.8. The van der Waals surface area contributed by atoms with E-state index in [0.29, 0.717) is 5.56 Å². The second-order valence-corrected chi connectivity index (χ2v) is 10.9. The summed E-state index contributed by atoms with van der Waals surface area (Å²) in [6.07, 6.45) is 1.75. The number of amides is 1. The van der Waals surface area contributed by atoms with Crippen LogP contribution in [0.25, 0.3) is 55.4 Å². The number of hydrogen-bond acceptors (Lipinski definition) is 2. The number of nitrogens with zero attached hydrogens (tertiary/aromatic N) is 1. The minimum atomic E-state index is -0.177. The fourth-order valence-corrected chi connectivity index (χ4v) is 5.99. The number of hydrogen-bond donors (Lipinski definition) is 1. The fraction of sp³-hybridized carbons (Fsp3) is 0.0244. The van der Waals surface area contributed by atoms with Gasteiger partial charge in [-0.1, -0.05) is 139 Å². The zero-order valence-electron chi connectivity index (χ0n) is 24.4. The summed E-state index contributed by atoms with van der Waals surface area (Å²) in [5.41, 5.74) is 11.6. The molecule has 7 rings (SSSR count). The van der Waals surface area contributed by atoms with Gasteiger partial charge < -0.3 is 5.32 Å². The lowest BCUT2D eigenvalue weighted by atomic mass is 9.79. The van der Waals surface area contributed by atoms with Crippen LogP contribution in [0, 0.1) is 6.92 Å². The molecule has 0 atom stereocenters. The van der Waals surface area contributed by atoms with Gasteiger partial charge in [0.15, 0.2) is 0 Å². The number of aromatic nitrogens is 1. The molecule has 0 fully saturated rings. The molecule has 0 unspecified atom stereocenters.